The Kier molecular flexibility index (Phi) is 4.35. The van der Waals surface area contributed by atoms with E-state index in [0.29, 0.717) is 11.6 Å². The van der Waals surface area contributed by atoms with Crippen molar-refractivity contribution in [3.05, 3.63) is 69.0 Å². The number of Topliss-reactive ketones (excluding diaryl/α,β-unsaturated/α-hetero) is 1. The van der Waals surface area contributed by atoms with Crippen LogP contribution in [0.5, 0.6) is 0 Å². The second kappa shape index (κ2) is 5.85. The molecule has 0 aliphatic heterocycles. The van der Waals surface area contributed by atoms with E-state index in [0.717, 1.165) is 6.07 Å². The van der Waals surface area contributed by atoms with Crippen molar-refractivity contribution in [2.24, 2.45) is 0 Å². The Morgan fingerprint density at radius 3 is 2.15 bits per heavy atom. The normalized spacial score (nSPS) is 10.7. The van der Waals surface area contributed by atoms with Gasteiger partial charge in [-0.15, -0.1) is 0 Å². The van der Waals surface area contributed by atoms with E-state index in [9.17, 15) is 18.0 Å². The Balaban J connectivity index is 2.36. The summed E-state index contributed by atoms with van der Waals surface area (Å²) in [5, 5.41) is 0.489. The van der Waals surface area contributed by atoms with Crippen molar-refractivity contribution in [2.45, 2.75) is 6.42 Å². The van der Waals surface area contributed by atoms with Crippen LogP contribution >= 0.6 is 23.2 Å². The van der Waals surface area contributed by atoms with E-state index >= 15 is 0 Å². The molecule has 104 valence electrons. The van der Waals surface area contributed by atoms with Crippen LogP contribution in [0.15, 0.2) is 30.3 Å². The fourth-order valence-corrected chi connectivity index (χ4v) is 2.23. The van der Waals surface area contributed by atoms with E-state index < -0.39 is 28.8 Å². The average Bonchev–Trinajstić information content (AvgIpc) is 2.40. The summed E-state index contributed by atoms with van der Waals surface area (Å²) in [4.78, 5) is 12.0. The van der Waals surface area contributed by atoms with Crippen molar-refractivity contribution in [1.82, 2.24) is 0 Å². The smallest absolute Gasteiger partial charge is 0.195 e. The van der Waals surface area contributed by atoms with Gasteiger partial charge in [-0.05, 0) is 29.8 Å². The molecule has 0 saturated heterocycles. The molecule has 0 amide bonds. The van der Waals surface area contributed by atoms with Gasteiger partial charge in [0.15, 0.2) is 23.2 Å². The second-order valence-electron chi connectivity index (χ2n) is 4.02. The van der Waals surface area contributed by atoms with E-state index in [4.69, 9.17) is 23.2 Å². The van der Waals surface area contributed by atoms with Gasteiger partial charge in [0.25, 0.3) is 0 Å². The summed E-state index contributed by atoms with van der Waals surface area (Å²) >= 11 is 11.8. The molecule has 20 heavy (non-hydrogen) atoms. The molecule has 2 aromatic carbocycles. The first kappa shape index (κ1) is 14.9. The molecular formula is C14H7Cl2F3O. The SMILES string of the molecule is O=C(Cc1c(Cl)cccc1Cl)c1ccc(F)c(F)c1F. The van der Waals surface area contributed by atoms with Gasteiger partial charge in [0.2, 0.25) is 0 Å². The van der Waals surface area contributed by atoms with Gasteiger partial charge in [0.1, 0.15) is 0 Å². The number of carbonyl (C=O) groups excluding carboxylic acids is 1. The summed E-state index contributed by atoms with van der Waals surface area (Å²) in [6, 6.07) is 6.23. The number of hydrogen-bond acceptors (Lipinski definition) is 1. The van der Waals surface area contributed by atoms with Gasteiger partial charge < -0.3 is 0 Å². The highest BCUT2D eigenvalue weighted by Crippen LogP contribution is 2.26. The Labute approximate surface area is 122 Å². The maximum absolute atomic E-state index is 13.5. The van der Waals surface area contributed by atoms with Crippen LogP contribution in [0.25, 0.3) is 0 Å². The highest BCUT2D eigenvalue weighted by atomic mass is 35.5. The monoisotopic (exact) mass is 318 g/mol. The summed E-state index contributed by atoms with van der Waals surface area (Å²) in [6.07, 6.45) is -0.305. The number of halogens is 5. The molecule has 0 saturated carbocycles. The van der Waals surface area contributed by atoms with Gasteiger partial charge in [-0.2, -0.15) is 0 Å². The first-order valence-electron chi connectivity index (χ1n) is 5.51. The topological polar surface area (TPSA) is 17.1 Å². The molecule has 0 N–H and O–H groups in total. The fraction of sp³-hybridized carbons (Fsp3) is 0.0714. The summed E-state index contributed by atoms with van der Waals surface area (Å²) in [5.41, 5.74) is -0.232. The van der Waals surface area contributed by atoms with Crippen molar-refractivity contribution in [3.8, 4) is 0 Å². The quantitative estimate of drug-likeness (QED) is 0.585. The Hall–Kier alpha value is -1.52. The molecule has 0 fully saturated rings. The van der Waals surface area contributed by atoms with Crippen LogP contribution in [0, 0.1) is 17.5 Å². The number of carbonyl (C=O) groups is 1. The van der Waals surface area contributed by atoms with Crippen LogP contribution in [0.4, 0.5) is 13.2 Å². The number of rotatable bonds is 3. The number of hydrogen-bond donors (Lipinski definition) is 0. The Morgan fingerprint density at radius 1 is 0.950 bits per heavy atom. The molecule has 2 aromatic rings. The molecule has 0 unspecified atom stereocenters. The lowest BCUT2D eigenvalue weighted by atomic mass is 10.0. The lowest BCUT2D eigenvalue weighted by molar-refractivity contribution is 0.0988. The zero-order valence-electron chi connectivity index (χ0n) is 9.89. The number of ketones is 1. The van der Waals surface area contributed by atoms with E-state index in [1.807, 2.05) is 0 Å². The molecular weight excluding hydrogens is 312 g/mol. The molecule has 0 aliphatic carbocycles. The minimum atomic E-state index is -1.68. The summed E-state index contributed by atoms with van der Waals surface area (Å²) in [6.45, 7) is 0. The second-order valence-corrected chi connectivity index (χ2v) is 4.84. The predicted molar refractivity (Wildman–Crippen MR) is 70.8 cm³/mol. The minimum Gasteiger partial charge on any atom is -0.294 e. The molecule has 0 aliphatic rings. The molecule has 0 bridgehead atoms. The van der Waals surface area contributed by atoms with Gasteiger partial charge >= 0.3 is 0 Å². The Bertz CT molecular complexity index is 666. The third kappa shape index (κ3) is 2.81. The third-order valence-corrected chi connectivity index (χ3v) is 3.44. The third-order valence-electron chi connectivity index (χ3n) is 2.73. The van der Waals surface area contributed by atoms with Crippen LogP contribution < -0.4 is 0 Å². The van der Waals surface area contributed by atoms with Crippen molar-refractivity contribution in [3.63, 3.8) is 0 Å². The first-order chi connectivity index (χ1) is 9.41. The molecule has 0 aromatic heterocycles. The van der Waals surface area contributed by atoms with Gasteiger partial charge in [0, 0.05) is 16.5 Å². The average molecular weight is 319 g/mol. The lowest BCUT2D eigenvalue weighted by Gasteiger charge is -2.07. The van der Waals surface area contributed by atoms with Crippen LogP contribution in [-0.2, 0) is 6.42 Å². The summed E-state index contributed by atoms with van der Waals surface area (Å²) < 4.78 is 39.4. The van der Waals surface area contributed by atoms with Crippen LogP contribution in [-0.4, -0.2) is 5.78 Å². The van der Waals surface area contributed by atoms with Crippen molar-refractivity contribution < 1.29 is 18.0 Å². The largest absolute Gasteiger partial charge is 0.294 e. The van der Waals surface area contributed by atoms with E-state index in [1.165, 1.54) is 12.1 Å². The fourth-order valence-electron chi connectivity index (χ4n) is 1.70. The maximum Gasteiger partial charge on any atom is 0.195 e. The number of benzene rings is 2. The molecule has 0 spiro atoms. The summed E-state index contributed by atoms with van der Waals surface area (Å²) in [5.74, 6) is -5.29. The molecule has 0 heterocycles. The van der Waals surface area contributed by atoms with Crippen LogP contribution in [0.3, 0.4) is 0 Å². The lowest BCUT2D eigenvalue weighted by Crippen LogP contribution is -2.09. The first-order valence-corrected chi connectivity index (χ1v) is 6.27. The standard InChI is InChI=1S/C14H7Cl2F3O/c15-9-2-1-3-10(16)8(9)6-12(20)7-4-5-11(17)14(19)13(7)18/h1-5H,6H2. The summed E-state index contributed by atoms with van der Waals surface area (Å²) in [7, 11) is 0. The maximum atomic E-state index is 13.5. The van der Waals surface area contributed by atoms with Crippen molar-refractivity contribution in [1.29, 1.82) is 0 Å². The predicted octanol–water partition coefficient (Wildman–Crippen LogP) is 4.84. The molecule has 0 radical (unpaired) electrons. The van der Waals surface area contributed by atoms with Gasteiger partial charge in [0.05, 0.1) is 5.56 Å². The van der Waals surface area contributed by atoms with Gasteiger partial charge in [-0.3, -0.25) is 4.79 Å². The van der Waals surface area contributed by atoms with Crippen molar-refractivity contribution >= 4 is 29.0 Å². The van der Waals surface area contributed by atoms with Crippen LogP contribution in [0.1, 0.15) is 15.9 Å². The molecule has 6 heteroatoms. The van der Waals surface area contributed by atoms with Crippen molar-refractivity contribution in [2.75, 3.05) is 0 Å². The molecule has 1 nitrogen and oxygen atoms in total. The highest BCUT2D eigenvalue weighted by Gasteiger charge is 2.20. The Morgan fingerprint density at radius 2 is 1.55 bits per heavy atom. The molecule has 0 atom stereocenters. The van der Waals surface area contributed by atoms with E-state index in [1.54, 1.807) is 6.07 Å². The minimum absolute atomic E-state index is 0.244. The zero-order chi connectivity index (χ0) is 14.9. The zero-order valence-corrected chi connectivity index (χ0v) is 11.4. The van der Waals surface area contributed by atoms with Gasteiger partial charge in [-0.1, -0.05) is 29.3 Å². The van der Waals surface area contributed by atoms with Crippen LogP contribution in [0.2, 0.25) is 10.0 Å². The highest BCUT2D eigenvalue weighted by molar-refractivity contribution is 6.36. The van der Waals surface area contributed by atoms with E-state index in [2.05, 4.69) is 0 Å². The van der Waals surface area contributed by atoms with Gasteiger partial charge in [-0.25, -0.2) is 13.2 Å². The molecule has 2 rings (SSSR count). The van der Waals surface area contributed by atoms with E-state index in [-0.39, 0.29) is 16.5 Å².